The Labute approximate surface area is 132 Å². The molecule has 0 spiro atoms. The molecule has 1 aliphatic carbocycles. The van der Waals surface area contributed by atoms with Crippen molar-refractivity contribution in [1.29, 1.82) is 0 Å². The first-order valence-corrected chi connectivity index (χ1v) is 9.27. The van der Waals surface area contributed by atoms with Crippen LogP contribution >= 0.6 is 0 Å². The Morgan fingerprint density at radius 1 is 1.18 bits per heavy atom. The molecule has 1 heterocycles. The Hall–Kier alpha value is -1.40. The van der Waals surface area contributed by atoms with E-state index in [1.165, 1.54) is 19.3 Å². The molecule has 3 rings (SSSR count). The molecule has 6 heteroatoms. The van der Waals surface area contributed by atoms with E-state index in [-0.39, 0.29) is 5.54 Å². The Balaban J connectivity index is 1.90. The predicted molar refractivity (Wildman–Crippen MR) is 87.7 cm³/mol. The summed E-state index contributed by atoms with van der Waals surface area (Å²) in [5.41, 5.74) is 0.737. The molecule has 0 amide bonds. The maximum Gasteiger partial charge on any atom is 0.263 e. The highest BCUT2D eigenvalue weighted by molar-refractivity contribution is 7.90. The number of rotatable bonds is 3. The average Bonchev–Trinajstić information content (AvgIpc) is 2.78. The quantitative estimate of drug-likeness (QED) is 0.926. The zero-order valence-corrected chi connectivity index (χ0v) is 14.0. The van der Waals surface area contributed by atoms with Crippen molar-refractivity contribution in [2.45, 2.75) is 42.5 Å². The third kappa shape index (κ3) is 2.65. The molecule has 0 aromatic heterocycles. The molecule has 1 N–H and O–H groups in total. The third-order valence-corrected chi connectivity index (χ3v) is 6.32. The number of sulfonamides is 1. The van der Waals surface area contributed by atoms with Crippen LogP contribution in [-0.4, -0.2) is 45.3 Å². The van der Waals surface area contributed by atoms with Crippen LogP contribution in [0.15, 0.2) is 34.2 Å². The SMILES string of the molecule is CN(C)C1(CN=C2NS(=O)(=O)c3ccccc32)CCCCC1. The highest BCUT2D eigenvalue weighted by atomic mass is 32.2. The van der Waals surface area contributed by atoms with Crippen molar-refractivity contribution in [2.75, 3.05) is 20.6 Å². The Kier molecular flexibility index (Phi) is 3.99. The van der Waals surface area contributed by atoms with E-state index in [9.17, 15) is 8.42 Å². The van der Waals surface area contributed by atoms with E-state index in [4.69, 9.17) is 0 Å². The highest BCUT2D eigenvalue weighted by Crippen LogP contribution is 2.33. The minimum Gasteiger partial charge on any atom is -0.302 e. The zero-order chi connectivity index (χ0) is 15.8. The van der Waals surface area contributed by atoms with Crippen LogP contribution in [0, 0.1) is 0 Å². The summed E-state index contributed by atoms with van der Waals surface area (Å²) < 4.78 is 26.8. The number of benzene rings is 1. The van der Waals surface area contributed by atoms with Crippen LogP contribution < -0.4 is 4.72 Å². The molecular weight excluding hydrogens is 298 g/mol. The van der Waals surface area contributed by atoms with Gasteiger partial charge in [-0.05, 0) is 39.1 Å². The van der Waals surface area contributed by atoms with Gasteiger partial charge in [-0.25, -0.2) is 8.42 Å². The second-order valence-electron chi connectivity index (χ2n) is 6.45. The van der Waals surface area contributed by atoms with E-state index in [1.807, 2.05) is 12.1 Å². The molecule has 1 fully saturated rings. The van der Waals surface area contributed by atoms with Gasteiger partial charge in [0.25, 0.3) is 10.0 Å². The summed E-state index contributed by atoms with van der Waals surface area (Å²) in [5.74, 6) is 0.488. The second kappa shape index (κ2) is 5.66. The third-order valence-electron chi connectivity index (χ3n) is 4.93. The van der Waals surface area contributed by atoms with Gasteiger partial charge in [0.15, 0.2) is 0 Å². The van der Waals surface area contributed by atoms with E-state index in [1.54, 1.807) is 12.1 Å². The van der Waals surface area contributed by atoms with Gasteiger partial charge in [-0.1, -0.05) is 31.4 Å². The molecule has 120 valence electrons. The van der Waals surface area contributed by atoms with E-state index >= 15 is 0 Å². The van der Waals surface area contributed by atoms with Gasteiger partial charge in [0, 0.05) is 11.1 Å². The molecule has 0 radical (unpaired) electrons. The Bertz CT molecular complexity index is 689. The predicted octanol–water partition coefficient (Wildman–Crippen LogP) is 1.99. The summed E-state index contributed by atoms with van der Waals surface area (Å²) in [6.45, 7) is 0.631. The van der Waals surface area contributed by atoms with Crippen molar-refractivity contribution in [3.63, 3.8) is 0 Å². The lowest BCUT2D eigenvalue weighted by atomic mass is 9.80. The lowest BCUT2D eigenvalue weighted by molar-refractivity contribution is 0.109. The van der Waals surface area contributed by atoms with Gasteiger partial charge in [-0.15, -0.1) is 0 Å². The fraction of sp³-hybridized carbons (Fsp3) is 0.562. The molecule has 2 aliphatic rings. The van der Waals surface area contributed by atoms with Gasteiger partial charge in [0.2, 0.25) is 0 Å². The standard InChI is InChI=1S/C16H23N3O2S/c1-19(2)16(10-6-3-7-11-16)12-17-15-13-8-4-5-9-14(13)22(20,21)18-15/h4-5,8-9H,3,6-7,10-12H2,1-2H3,(H,17,18). The molecular formula is C16H23N3O2S. The van der Waals surface area contributed by atoms with Crippen LogP contribution in [0.25, 0.3) is 0 Å². The first kappa shape index (κ1) is 15.5. The van der Waals surface area contributed by atoms with Gasteiger partial charge in [-0.2, -0.15) is 0 Å². The van der Waals surface area contributed by atoms with Crippen LogP contribution in [0.1, 0.15) is 37.7 Å². The van der Waals surface area contributed by atoms with Crippen LogP contribution in [0.2, 0.25) is 0 Å². The van der Waals surface area contributed by atoms with Crippen LogP contribution in [0.5, 0.6) is 0 Å². The second-order valence-corrected chi connectivity index (χ2v) is 8.10. The largest absolute Gasteiger partial charge is 0.302 e. The van der Waals surface area contributed by atoms with Gasteiger partial charge in [0.1, 0.15) is 5.84 Å². The summed E-state index contributed by atoms with van der Waals surface area (Å²) >= 11 is 0. The van der Waals surface area contributed by atoms with E-state index in [0.29, 0.717) is 22.8 Å². The van der Waals surface area contributed by atoms with Crippen molar-refractivity contribution in [3.05, 3.63) is 29.8 Å². The van der Waals surface area contributed by atoms with Crippen LogP contribution in [-0.2, 0) is 10.0 Å². The lowest BCUT2D eigenvalue weighted by Crippen LogP contribution is -2.48. The molecule has 1 aromatic rings. The fourth-order valence-corrected chi connectivity index (χ4v) is 4.69. The topological polar surface area (TPSA) is 61.8 Å². The van der Waals surface area contributed by atoms with E-state index in [2.05, 4.69) is 28.7 Å². The zero-order valence-electron chi connectivity index (χ0n) is 13.2. The van der Waals surface area contributed by atoms with Crippen molar-refractivity contribution in [1.82, 2.24) is 9.62 Å². The smallest absolute Gasteiger partial charge is 0.263 e. The summed E-state index contributed by atoms with van der Waals surface area (Å²) in [4.78, 5) is 7.25. The fourth-order valence-electron chi connectivity index (χ4n) is 3.43. The number of likely N-dealkylation sites (N-methyl/N-ethyl adjacent to an activating group) is 1. The average molecular weight is 321 g/mol. The maximum absolute atomic E-state index is 12.1. The number of hydrogen-bond acceptors (Lipinski definition) is 4. The number of nitrogens with zero attached hydrogens (tertiary/aromatic N) is 2. The summed E-state index contributed by atoms with van der Waals surface area (Å²) in [7, 11) is 0.749. The number of hydrogen-bond donors (Lipinski definition) is 1. The molecule has 1 aromatic carbocycles. The van der Waals surface area contributed by atoms with Crippen LogP contribution in [0.3, 0.4) is 0 Å². The highest BCUT2D eigenvalue weighted by Gasteiger charge is 2.35. The van der Waals surface area contributed by atoms with Crippen molar-refractivity contribution in [2.24, 2.45) is 4.99 Å². The van der Waals surface area contributed by atoms with Gasteiger partial charge < -0.3 is 4.90 Å². The summed E-state index contributed by atoms with van der Waals surface area (Å²) in [6, 6.07) is 7.03. The normalized spacial score (nSPS) is 24.2. The summed E-state index contributed by atoms with van der Waals surface area (Å²) in [5, 5.41) is 0. The Morgan fingerprint density at radius 2 is 1.86 bits per heavy atom. The molecule has 0 atom stereocenters. The molecule has 0 bridgehead atoms. The molecule has 22 heavy (non-hydrogen) atoms. The van der Waals surface area contributed by atoms with Crippen molar-refractivity contribution >= 4 is 15.9 Å². The summed E-state index contributed by atoms with van der Waals surface area (Å²) in [6.07, 6.45) is 5.94. The number of aliphatic imine (C=N–C) groups is 1. The first-order chi connectivity index (χ1) is 10.4. The minimum atomic E-state index is -3.44. The van der Waals surface area contributed by atoms with Crippen molar-refractivity contribution < 1.29 is 8.42 Å². The number of amidine groups is 1. The minimum absolute atomic E-state index is 0.0498. The maximum atomic E-state index is 12.1. The van der Waals surface area contributed by atoms with Crippen LogP contribution in [0.4, 0.5) is 0 Å². The van der Waals surface area contributed by atoms with E-state index in [0.717, 1.165) is 12.8 Å². The van der Waals surface area contributed by atoms with Gasteiger partial charge >= 0.3 is 0 Å². The van der Waals surface area contributed by atoms with E-state index < -0.39 is 10.0 Å². The van der Waals surface area contributed by atoms with Crippen molar-refractivity contribution in [3.8, 4) is 0 Å². The van der Waals surface area contributed by atoms with Gasteiger partial charge in [-0.3, -0.25) is 9.71 Å². The Morgan fingerprint density at radius 3 is 2.55 bits per heavy atom. The first-order valence-electron chi connectivity index (χ1n) is 7.79. The number of nitrogens with one attached hydrogen (secondary N) is 1. The van der Waals surface area contributed by atoms with Gasteiger partial charge in [0.05, 0.1) is 11.4 Å². The number of fused-ring (bicyclic) bond motifs is 1. The monoisotopic (exact) mass is 321 g/mol. The molecule has 1 saturated carbocycles. The molecule has 0 unspecified atom stereocenters. The molecule has 5 nitrogen and oxygen atoms in total. The lowest BCUT2D eigenvalue weighted by Gasteiger charge is -2.42. The molecule has 1 aliphatic heterocycles. The molecule has 0 saturated heterocycles.